The van der Waals surface area contributed by atoms with Crippen molar-refractivity contribution in [2.45, 2.75) is 45.8 Å². The number of nitrogens with one attached hydrogen (secondary N) is 1. The van der Waals surface area contributed by atoms with Crippen LogP contribution in [-0.2, 0) is 4.74 Å². The number of likely N-dealkylation sites (N-methyl/N-ethyl adjacent to an activating group) is 1. The largest absolute Gasteiger partial charge is 0.494 e. The van der Waals surface area contributed by atoms with Crippen molar-refractivity contribution in [2.75, 3.05) is 20.3 Å². The molecule has 3 heteroatoms. The summed E-state index contributed by atoms with van der Waals surface area (Å²) in [6.07, 6.45) is 2.52. The fraction of sp³-hybridized carbons (Fsp3) is 0.625. The first-order chi connectivity index (χ1) is 9.17. The van der Waals surface area contributed by atoms with Gasteiger partial charge in [0, 0.05) is 0 Å². The molecule has 0 saturated heterocycles. The fourth-order valence-electron chi connectivity index (χ4n) is 1.77. The minimum absolute atomic E-state index is 0.229. The van der Waals surface area contributed by atoms with Crippen molar-refractivity contribution in [2.24, 2.45) is 0 Å². The van der Waals surface area contributed by atoms with Crippen LogP contribution in [0, 0.1) is 0 Å². The second-order valence-corrected chi connectivity index (χ2v) is 4.99. The van der Waals surface area contributed by atoms with E-state index in [1.807, 2.05) is 19.2 Å². The molecule has 0 radical (unpaired) electrons. The molecule has 0 spiro atoms. The lowest BCUT2D eigenvalue weighted by Crippen LogP contribution is -2.23. The normalized spacial score (nSPS) is 12.7. The Kier molecular flexibility index (Phi) is 7.53. The zero-order chi connectivity index (χ0) is 14.1. The van der Waals surface area contributed by atoms with Crippen LogP contribution in [0.3, 0.4) is 0 Å². The van der Waals surface area contributed by atoms with E-state index in [1.54, 1.807) is 0 Å². The Bertz CT molecular complexity index is 335. The second-order valence-electron chi connectivity index (χ2n) is 4.99. The van der Waals surface area contributed by atoms with Crippen molar-refractivity contribution in [3.63, 3.8) is 0 Å². The van der Waals surface area contributed by atoms with Crippen LogP contribution < -0.4 is 10.1 Å². The maximum absolute atomic E-state index is 5.67. The van der Waals surface area contributed by atoms with Gasteiger partial charge in [0.1, 0.15) is 5.75 Å². The molecule has 108 valence electrons. The Morgan fingerprint density at radius 3 is 2.37 bits per heavy atom. The fourth-order valence-corrected chi connectivity index (χ4v) is 1.77. The summed E-state index contributed by atoms with van der Waals surface area (Å²) in [6.45, 7) is 7.75. The first kappa shape index (κ1) is 16.0. The van der Waals surface area contributed by atoms with Crippen LogP contribution in [0.25, 0.3) is 0 Å². The van der Waals surface area contributed by atoms with Crippen molar-refractivity contribution >= 4 is 0 Å². The number of benzene rings is 1. The summed E-state index contributed by atoms with van der Waals surface area (Å²) in [5, 5.41) is 3.28. The number of unbranched alkanes of at least 4 members (excludes halogenated alkanes) is 1. The zero-order valence-electron chi connectivity index (χ0n) is 12.6. The van der Waals surface area contributed by atoms with Gasteiger partial charge >= 0.3 is 0 Å². The van der Waals surface area contributed by atoms with E-state index in [1.165, 1.54) is 5.56 Å². The molecule has 0 aromatic heterocycles. The van der Waals surface area contributed by atoms with E-state index in [-0.39, 0.29) is 12.1 Å². The van der Waals surface area contributed by atoms with E-state index in [0.717, 1.165) is 25.2 Å². The molecule has 1 N–H and O–H groups in total. The highest BCUT2D eigenvalue weighted by Gasteiger charge is 2.10. The Morgan fingerprint density at radius 2 is 1.84 bits per heavy atom. The maximum atomic E-state index is 5.67. The average molecular weight is 265 g/mol. The number of hydrogen-bond acceptors (Lipinski definition) is 3. The van der Waals surface area contributed by atoms with Crippen LogP contribution >= 0.6 is 0 Å². The average Bonchev–Trinajstić information content (AvgIpc) is 2.41. The molecule has 0 amide bonds. The van der Waals surface area contributed by atoms with Crippen molar-refractivity contribution in [3.05, 3.63) is 29.8 Å². The van der Waals surface area contributed by atoms with Crippen molar-refractivity contribution in [1.82, 2.24) is 5.32 Å². The van der Waals surface area contributed by atoms with Crippen molar-refractivity contribution in [1.29, 1.82) is 0 Å². The predicted molar refractivity (Wildman–Crippen MR) is 79.7 cm³/mol. The van der Waals surface area contributed by atoms with Gasteiger partial charge in [-0.1, -0.05) is 25.5 Å². The van der Waals surface area contributed by atoms with Gasteiger partial charge in [0.05, 0.1) is 25.4 Å². The number of hydrogen-bond donors (Lipinski definition) is 1. The zero-order valence-corrected chi connectivity index (χ0v) is 12.6. The van der Waals surface area contributed by atoms with E-state index in [9.17, 15) is 0 Å². The van der Waals surface area contributed by atoms with Gasteiger partial charge in [0.15, 0.2) is 0 Å². The third-order valence-corrected chi connectivity index (χ3v) is 2.99. The molecule has 0 bridgehead atoms. The quantitative estimate of drug-likeness (QED) is 0.693. The predicted octanol–water partition coefficient (Wildman–Crippen LogP) is 3.55. The first-order valence-electron chi connectivity index (χ1n) is 7.19. The van der Waals surface area contributed by atoms with Crippen molar-refractivity contribution < 1.29 is 9.47 Å². The lowest BCUT2D eigenvalue weighted by molar-refractivity contribution is 0.0626. The lowest BCUT2D eigenvalue weighted by atomic mass is 10.1. The van der Waals surface area contributed by atoms with Crippen LogP contribution in [0.2, 0.25) is 0 Å². The molecule has 3 nitrogen and oxygen atoms in total. The van der Waals surface area contributed by atoms with E-state index in [2.05, 4.69) is 38.2 Å². The van der Waals surface area contributed by atoms with Gasteiger partial charge in [-0.3, -0.25) is 0 Å². The maximum Gasteiger partial charge on any atom is 0.119 e. The van der Waals surface area contributed by atoms with Gasteiger partial charge in [0.25, 0.3) is 0 Å². The minimum Gasteiger partial charge on any atom is -0.494 e. The Morgan fingerprint density at radius 1 is 1.16 bits per heavy atom. The topological polar surface area (TPSA) is 30.5 Å². The molecule has 1 atom stereocenters. The molecule has 1 rings (SSSR count). The molecule has 0 aliphatic carbocycles. The number of rotatable bonds is 9. The molecule has 0 heterocycles. The highest BCUT2D eigenvalue weighted by Crippen LogP contribution is 2.18. The summed E-state index contributed by atoms with van der Waals surface area (Å²) in [7, 11) is 1.96. The smallest absolute Gasteiger partial charge is 0.119 e. The van der Waals surface area contributed by atoms with Gasteiger partial charge in [0.2, 0.25) is 0 Å². The third kappa shape index (κ3) is 6.08. The van der Waals surface area contributed by atoms with Gasteiger partial charge in [-0.2, -0.15) is 0 Å². The highest BCUT2D eigenvalue weighted by molar-refractivity contribution is 5.29. The monoisotopic (exact) mass is 265 g/mol. The second kappa shape index (κ2) is 8.94. The van der Waals surface area contributed by atoms with E-state index >= 15 is 0 Å². The third-order valence-electron chi connectivity index (χ3n) is 2.99. The standard InChI is InChI=1S/C16H27NO2/c1-5-6-11-18-15-9-7-14(8-10-15)16(17-4)12-19-13(2)3/h7-10,13,16-17H,5-6,11-12H2,1-4H3. The van der Waals surface area contributed by atoms with E-state index < -0.39 is 0 Å². The summed E-state index contributed by atoms with van der Waals surface area (Å²) in [6, 6.07) is 8.50. The Balaban J connectivity index is 2.52. The van der Waals surface area contributed by atoms with E-state index in [0.29, 0.717) is 6.61 Å². The molecular weight excluding hydrogens is 238 g/mol. The van der Waals surface area contributed by atoms with Crippen LogP contribution in [0.5, 0.6) is 5.75 Å². The minimum atomic E-state index is 0.229. The lowest BCUT2D eigenvalue weighted by Gasteiger charge is -2.18. The van der Waals surface area contributed by atoms with Gasteiger partial charge < -0.3 is 14.8 Å². The molecule has 0 fully saturated rings. The first-order valence-corrected chi connectivity index (χ1v) is 7.19. The van der Waals surface area contributed by atoms with Crippen molar-refractivity contribution in [3.8, 4) is 5.75 Å². The SMILES string of the molecule is CCCCOc1ccc(C(COC(C)C)NC)cc1. The molecule has 0 aliphatic heterocycles. The molecule has 19 heavy (non-hydrogen) atoms. The molecule has 1 unspecified atom stereocenters. The molecule has 0 saturated carbocycles. The summed E-state index contributed by atoms with van der Waals surface area (Å²) >= 11 is 0. The molecule has 0 aliphatic rings. The van der Waals surface area contributed by atoms with Gasteiger partial charge in [-0.15, -0.1) is 0 Å². The van der Waals surface area contributed by atoms with Gasteiger partial charge in [-0.25, -0.2) is 0 Å². The molecule has 1 aromatic rings. The summed E-state index contributed by atoms with van der Waals surface area (Å²) < 4.78 is 11.3. The van der Waals surface area contributed by atoms with Crippen LogP contribution in [0.15, 0.2) is 24.3 Å². The summed E-state index contributed by atoms with van der Waals surface area (Å²) in [5.41, 5.74) is 1.23. The Labute approximate surface area is 117 Å². The molecular formula is C16H27NO2. The van der Waals surface area contributed by atoms with Crippen LogP contribution in [0.1, 0.15) is 45.2 Å². The van der Waals surface area contributed by atoms with Crippen LogP contribution in [-0.4, -0.2) is 26.4 Å². The van der Waals surface area contributed by atoms with E-state index in [4.69, 9.17) is 9.47 Å². The number of ether oxygens (including phenoxy) is 2. The Hall–Kier alpha value is -1.06. The molecule has 1 aromatic carbocycles. The summed E-state index contributed by atoms with van der Waals surface area (Å²) in [5.74, 6) is 0.942. The van der Waals surface area contributed by atoms with Crippen LogP contribution in [0.4, 0.5) is 0 Å². The summed E-state index contributed by atoms with van der Waals surface area (Å²) in [4.78, 5) is 0. The van der Waals surface area contributed by atoms with Gasteiger partial charge in [-0.05, 0) is 45.0 Å². The highest BCUT2D eigenvalue weighted by atomic mass is 16.5.